The molecule has 1 saturated heterocycles. The molecule has 2 aliphatic heterocycles. The van der Waals surface area contributed by atoms with Gasteiger partial charge in [-0.05, 0) is 67.4 Å². The van der Waals surface area contributed by atoms with Gasteiger partial charge in [0.1, 0.15) is 5.75 Å². The largest absolute Gasteiger partial charge is 0.494 e. The van der Waals surface area contributed by atoms with E-state index >= 15 is 0 Å². The number of amides is 1. The molecule has 8 heteroatoms. The molecule has 0 saturated carbocycles. The number of carbonyl (C=O) groups is 2. The number of unbranched alkanes of at least 4 members (excludes halogenated alkanes) is 20. The number of hydrogen-bond donors (Lipinski definition) is 0. The number of ether oxygens (including phenoxy) is 2. The number of thiophene rings is 1. The molecule has 1 aromatic heterocycles. The fourth-order valence-electron chi connectivity index (χ4n) is 8.58. The van der Waals surface area contributed by atoms with Gasteiger partial charge in [-0.15, -0.1) is 11.3 Å². The Kier molecular flexibility index (Phi) is 21.2. The molecule has 0 spiro atoms. The smallest absolute Gasteiger partial charge is 0.307 e. The van der Waals surface area contributed by atoms with Crippen LogP contribution in [0.3, 0.4) is 0 Å². The third-order valence-electron chi connectivity index (χ3n) is 12.2. The number of piperazine rings is 1. The van der Waals surface area contributed by atoms with Gasteiger partial charge in [-0.25, -0.2) is 0 Å². The van der Waals surface area contributed by atoms with Crippen LogP contribution in [0.25, 0.3) is 10.1 Å². The van der Waals surface area contributed by atoms with Crippen LogP contribution < -0.4 is 14.5 Å². The van der Waals surface area contributed by atoms with Crippen LogP contribution in [0.5, 0.6) is 5.75 Å². The first kappa shape index (κ1) is 45.0. The highest BCUT2D eigenvalue weighted by Crippen LogP contribution is 2.33. The Bertz CT molecular complexity index is 1570. The number of esters is 1. The van der Waals surface area contributed by atoms with Gasteiger partial charge in [-0.1, -0.05) is 141 Å². The summed E-state index contributed by atoms with van der Waals surface area (Å²) in [5.41, 5.74) is 3.28. The van der Waals surface area contributed by atoms with Crippen LogP contribution in [0.15, 0.2) is 47.8 Å². The highest BCUT2D eigenvalue weighted by molar-refractivity contribution is 7.17. The van der Waals surface area contributed by atoms with Crippen molar-refractivity contribution >= 4 is 44.7 Å². The maximum atomic E-state index is 12.9. The van der Waals surface area contributed by atoms with E-state index in [4.69, 9.17) is 9.47 Å². The molecular formula is C49H75N3O4S. The predicted octanol–water partition coefficient (Wildman–Crippen LogP) is 12.9. The lowest BCUT2D eigenvalue weighted by atomic mass is 10.0. The second-order valence-corrected chi connectivity index (χ2v) is 17.7. The van der Waals surface area contributed by atoms with E-state index in [-0.39, 0.29) is 18.6 Å². The van der Waals surface area contributed by atoms with Gasteiger partial charge in [0, 0.05) is 60.9 Å². The lowest BCUT2D eigenvalue weighted by molar-refractivity contribution is -0.144. The average molecular weight is 802 g/mol. The fraction of sp³-hybridized carbons (Fsp3) is 0.673. The van der Waals surface area contributed by atoms with E-state index in [2.05, 4.69) is 52.4 Å². The normalized spacial score (nSPS) is 14.7. The van der Waals surface area contributed by atoms with Gasteiger partial charge >= 0.3 is 5.97 Å². The molecule has 1 fully saturated rings. The van der Waals surface area contributed by atoms with E-state index in [0.717, 1.165) is 75.4 Å². The Morgan fingerprint density at radius 1 is 0.667 bits per heavy atom. The average Bonchev–Trinajstić information content (AvgIpc) is 3.72. The quantitative estimate of drug-likeness (QED) is 0.0494. The lowest BCUT2D eigenvalue weighted by Gasteiger charge is -2.36. The first-order valence-electron chi connectivity index (χ1n) is 23.3. The van der Waals surface area contributed by atoms with Crippen molar-refractivity contribution < 1.29 is 19.1 Å². The van der Waals surface area contributed by atoms with Crippen molar-refractivity contribution in [2.24, 2.45) is 0 Å². The molecule has 0 N–H and O–H groups in total. The van der Waals surface area contributed by atoms with Gasteiger partial charge in [0.15, 0.2) is 6.73 Å². The Hall–Kier alpha value is -3.10. The molecule has 2 aromatic carbocycles. The van der Waals surface area contributed by atoms with E-state index in [1.807, 2.05) is 23.5 Å². The lowest BCUT2D eigenvalue weighted by Crippen LogP contribution is -2.46. The molecule has 3 aromatic rings. The van der Waals surface area contributed by atoms with Gasteiger partial charge in [-0.3, -0.25) is 19.4 Å². The number of benzene rings is 2. The maximum absolute atomic E-state index is 12.9. The molecule has 5 rings (SSSR count). The van der Waals surface area contributed by atoms with Crippen molar-refractivity contribution in [3.05, 3.63) is 53.4 Å². The van der Waals surface area contributed by atoms with Crippen LogP contribution in [-0.2, 0) is 20.7 Å². The Labute approximate surface area is 349 Å². The van der Waals surface area contributed by atoms with E-state index < -0.39 is 0 Å². The molecule has 0 radical (unpaired) electrons. The third-order valence-corrected chi connectivity index (χ3v) is 13.1. The van der Waals surface area contributed by atoms with Gasteiger partial charge in [0.05, 0.1) is 12.3 Å². The summed E-state index contributed by atoms with van der Waals surface area (Å²) in [4.78, 5) is 32.2. The summed E-state index contributed by atoms with van der Waals surface area (Å²) < 4.78 is 13.1. The molecule has 0 unspecified atom stereocenters. The SMILES string of the molecule is CCCCCCCCCCCCCCCCCCCCCCC(=O)OCN1C(=O)CCc2ccc(OCCCCN3CCN(c4cccc5sccc45)CC3)cc21. The molecule has 0 atom stereocenters. The van der Waals surface area contributed by atoms with Crippen molar-refractivity contribution in [3.8, 4) is 5.75 Å². The van der Waals surface area contributed by atoms with Crippen LogP contribution in [0, 0.1) is 0 Å². The number of rotatable bonds is 30. The monoisotopic (exact) mass is 802 g/mol. The summed E-state index contributed by atoms with van der Waals surface area (Å²) in [6.07, 6.45) is 30.4. The van der Waals surface area contributed by atoms with E-state index in [0.29, 0.717) is 25.9 Å². The van der Waals surface area contributed by atoms with Gasteiger partial charge < -0.3 is 14.4 Å². The van der Waals surface area contributed by atoms with E-state index in [9.17, 15) is 9.59 Å². The molecule has 0 bridgehead atoms. The first-order valence-corrected chi connectivity index (χ1v) is 24.2. The molecule has 0 aliphatic carbocycles. The number of aryl methyl sites for hydroxylation is 1. The highest BCUT2D eigenvalue weighted by atomic mass is 32.1. The van der Waals surface area contributed by atoms with E-state index in [1.54, 1.807) is 4.90 Å². The maximum Gasteiger partial charge on any atom is 0.307 e. The third kappa shape index (κ3) is 16.2. The summed E-state index contributed by atoms with van der Waals surface area (Å²) in [5.74, 6) is 0.546. The summed E-state index contributed by atoms with van der Waals surface area (Å²) in [5, 5.41) is 3.56. The zero-order valence-electron chi connectivity index (χ0n) is 35.6. The number of hydrogen-bond acceptors (Lipinski definition) is 7. The molecule has 7 nitrogen and oxygen atoms in total. The van der Waals surface area contributed by atoms with Crippen molar-refractivity contribution in [2.75, 3.05) is 55.9 Å². The van der Waals surface area contributed by atoms with Crippen molar-refractivity contribution in [1.82, 2.24) is 4.90 Å². The molecule has 316 valence electrons. The van der Waals surface area contributed by atoms with Crippen LogP contribution >= 0.6 is 11.3 Å². The Balaban J connectivity index is 0.853. The minimum absolute atomic E-state index is 0.00152. The predicted molar refractivity (Wildman–Crippen MR) is 241 cm³/mol. The number of nitrogens with zero attached hydrogens (tertiary/aromatic N) is 3. The molecule has 57 heavy (non-hydrogen) atoms. The second-order valence-electron chi connectivity index (χ2n) is 16.7. The molecule has 3 heterocycles. The minimum Gasteiger partial charge on any atom is -0.494 e. The number of anilines is 2. The molecule has 1 amide bonds. The molecule has 2 aliphatic rings. The van der Waals surface area contributed by atoms with Crippen molar-refractivity contribution in [1.29, 1.82) is 0 Å². The summed E-state index contributed by atoms with van der Waals surface area (Å²) in [7, 11) is 0. The highest BCUT2D eigenvalue weighted by Gasteiger charge is 2.26. The van der Waals surface area contributed by atoms with Crippen LogP contribution in [0.4, 0.5) is 11.4 Å². The first-order chi connectivity index (χ1) is 28.1. The summed E-state index contributed by atoms with van der Waals surface area (Å²) in [6, 6.07) is 14.9. The van der Waals surface area contributed by atoms with Gasteiger partial charge in [0.2, 0.25) is 5.91 Å². The Morgan fingerprint density at radius 2 is 1.30 bits per heavy atom. The molecular weight excluding hydrogens is 727 g/mol. The van der Waals surface area contributed by atoms with Crippen molar-refractivity contribution in [2.45, 2.75) is 167 Å². The minimum atomic E-state index is -0.217. The summed E-state index contributed by atoms with van der Waals surface area (Å²) >= 11 is 1.81. The topological polar surface area (TPSA) is 62.3 Å². The second kappa shape index (κ2) is 26.8. The van der Waals surface area contributed by atoms with Crippen molar-refractivity contribution in [3.63, 3.8) is 0 Å². The van der Waals surface area contributed by atoms with Gasteiger partial charge in [-0.2, -0.15) is 0 Å². The summed E-state index contributed by atoms with van der Waals surface area (Å²) in [6.45, 7) is 8.27. The fourth-order valence-corrected chi connectivity index (χ4v) is 9.38. The zero-order chi connectivity index (χ0) is 39.8. The Morgan fingerprint density at radius 3 is 1.95 bits per heavy atom. The van der Waals surface area contributed by atoms with Gasteiger partial charge in [0.25, 0.3) is 0 Å². The van der Waals surface area contributed by atoms with Crippen LogP contribution in [0.1, 0.15) is 167 Å². The van der Waals surface area contributed by atoms with Crippen LogP contribution in [0.2, 0.25) is 0 Å². The standard InChI is InChI=1S/C49H75N3O4S/c1-2-3-4-5-6-7-8-9-10-11-12-13-14-15-16-17-18-19-20-21-27-49(54)56-41-52-46-40-43(30-28-42(46)29-31-48(52)53)55-38-23-22-33-50-34-36-51(37-35-50)45-25-24-26-47-44(45)32-39-57-47/h24-26,28,30,32,39-40H,2-23,27,29,31,33-38,41H2,1H3. The number of carbonyl (C=O) groups excluding carboxylic acids is 2. The number of fused-ring (bicyclic) bond motifs is 2. The van der Waals surface area contributed by atoms with E-state index in [1.165, 1.54) is 131 Å². The van der Waals surface area contributed by atoms with Crippen LogP contribution in [-0.4, -0.2) is 62.8 Å². The zero-order valence-corrected chi connectivity index (χ0v) is 36.4.